The molecule has 0 spiro atoms. The number of benzene rings is 1. The average molecular weight is 308 g/mol. The van der Waals surface area contributed by atoms with Gasteiger partial charge in [-0.25, -0.2) is 4.79 Å². The molecule has 0 aliphatic carbocycles. The van der Waals surface area contributed by atoms with E-state index in [2.05, 4.69) is 6.58 Å². The van der Waals surface area contributed by atoms with Crippen LogP contribution in [0.3, 0.4) is 0 Å². The van der Waals surface area contributed by atoms with Crippen molar-refractivity contribution in [3.05, 3.63) is 48.0 Å². The second-order valence-corrected chi connectivity index (χ2v) is 6.33. The van der Waals surface area contributed by atoms with Gasteiger partial charge in [0.2, 0.25) is 3.79 Å². The molecule has 0 radical (unpaired) electrons. The summed E-state index contributed by atoms with van der Waals surface area (Å²) in [7, 11) is 0. The van der Waals surface area contributed by atoms with E-state index in [4.69, 9.17) is 39.5 Å². The molecule has 0 heterocycles. The Balaban J connectivity index is 2.78. The van der Waals surface area contributed by atoms with Crippen molar-refractivity contribution < 1.29 is 9.53 Å². The SMILES string of the molecule is C=C(C)CC(OC(=O)c1ccccc1)C(Cl)(Cl)Cl. The van der Waals surface area contributed by atoms with Gasteiger partial charge in [-0.1, -0.05) is 65.2 Å². The summed E-state index contributed by atoms with van der Waals surface area (Å²) in [6.45, 7) is 5.50. The van der Waals surface area contributed by atoms with Gasteiger partial charge in [-0.05, 0) is 19.1 Å². The Hall–Kier alpha value is -0.700. The lowest BCUT2D eigenvalue weighted by Crippen LogP contribution is -2.31. The van der Waals surface area contributed by atoms with Crippen molar-refractivity contribution in [3.63, 3.8) is 0 Å². The Morgan fingerprint density at radius 2 is 1.89 bits per heavy atom. The molecule has 0 N–H and O–H groups in total. The number of hydrogen-bond acceptors (Lipinski definition) is 2. The summed E-state index contributed by atoms with van der Waals surface area (Å²) in [4.78, 5) is 11.9. The van der Waals surface area contributed by atoms with Gasteiger partial charge in [0.15, 0.2) is 6.10 Å². The largest absolute Gasteiger partial charge is 0.454 e. The number of esters is 1. The predicted octanol–water partition coefficient (Wildman–Crippen LogP) is 4.55. The Morgan fingerprint density at radius 3 is 2.33 bits per heavy atom. The van der Waals surface area contributed by atoms with Gasteiger partial charge in [-0.2, -0.15) is 0 Å². The number of carbonyl (C=O) groups is 1. The number of rotatable bonds is 4. The summed E-state index contributed by atoms with van der Waals surface area (Å²) >= 11 is 17.4. The molecule has 1 unspecified atom stereocenters. The fourth-order valence-corrected chi connectivity index (χ4v) is 1.68. The van der Waals surface area contributed by atoms with Gasteiger partial charge >= 0.3 is 5.97 Å². The molecule has 5 heteroatoms. The van der Waals surface area contributed by atoms with Crippen LogP contribution in [-0.2, 0) is 4.74 Å². The second-order valence-electron chi connectivity index (χ2n) is 3.96. The molecule has 0 bridgehead atoms. The first-order valence-electron chi connectivity index (χ1n) is 5.28. The summed E-state index contributed by atoms with van der Waals surface area (Å²) in [6, 6.07) is 8.55. The predicted molar refractivity (Wildman–Crippen MR) is 75.4 cm³/mol. The highest BCUT2D eigenvalue weighted by Gasteiger charge is 2.36. The summed E-state index contributed by atoms with van der Waals surface area (Å²) in [5.74, 6) is -0.520. The molecule has 1 rings (SSSR count). The quantitative estimate of drug-likeness (QED) is 0.463. The lowest BCUT2D eigenvalue weighted by atomic mass is 10.1. The van der Waals surface area contributed by atoms with E-state index in [-0.39, 0.29) is 0 Å². The van der Waals surface area contributed by atoms with Gasteiger partial charge in [0.25, 0.3) is 0 Å². The van der Waals surface area contributed by atoms with Crippen LogP contribution in [0.4, 0.5) is 0 Å². The van der Waals surface area contributed by atoms with Crippen molar-refractivity contribution in [2.24, 2.45) is 0 Å². The first-order valence-corrected chi connectivity index (χ1v) is 6.41. The highest BCUT2D eigenvalue weighted by atomic mass is 35.6. The minimum Gasteiger partial charge on any atom is -0.454 e. The number of hydrogen-bond donors (Lipinski definition) is 0. The van der Waals surface area contributed by atoms with Crippen molar-refractivity contribution in [3.8, 4) is 0 Å². The van der Waals surface area contributed by atoms with Crippen LogP contribution in [0, 0.1) is 0 Å². The number of alkyl halides is 3. The second kappa shape index (κ2) is 6.46. The van der Waals surface area contributed by atoms with E-state index in [1.54, 1.807) is 37.3 Å². The molecule has 0 fully saturated rings. The summed E-state index contributed by atoms with van der Waals surface area (Å²) < 4.78 is 3.54. The molecule has 1 aromatic carbocycles. The van der Waals surface area contributed by atoms with E-state index >= 15 is 0 Å². The summed E-state index contributed by atoms with van der Waals surface area (Å²) in [6.07, 6.45) is -0.553. The molecule has 1 atom stereocenters. The first kappa shape index (κ1) is 15.4. The summed E-state index contributed by atoms with van der Waals surface area (Å²) in [5, 5.41) is 0. The lowest BCUT2D eigenvalue weighted by molar-refractivity contribution is 0.0311. The third kappa shape index (κ3) is 4.89. The van der Waals surface area contributed by atoms with Gasteiger partial charge in [0, 0.05) is 6.42 Å². The van der Waals surface area contributed by atoms with Crippen LogP contribution < -0.4 is 0 Å². The molecule has 0 saturated carbocycles. The van der Waals surface area contributed by atoms with Crippen molar-refractivity contribution >= 4 is 40.8 Å². The molecule has 1 aromatic rings. The average Bonchev–Trinajstić information content (AvgIpc) is 2.27. The molecule has 0 aromatic heterocycles. The number of carbonyl (C=O) groups excluding carboxylic acids is 1. The van der Waals surface area contributed by atoms with Crippen LogP contribution in [0.25, 0.3) is 0 Å². The van der Waals surface area contributed by atoms with Gasteiger partial charge in [0.1, 0.15) is 0 Å². The molecule has 98 valence electrons. The number of ether oxygens (including phenoxy) is 1. The molecule has 0 amide bonds. The Morgan fingerprint density at radius 1 is 1.33 bits per heavy atom. The first-order chi connectivity index (χ1) is 8.30. The highest BCUT2D eigenvalue weighted by molar-refractivity contribution is 6.68. The molecular formula is C13H13Cl3O2. The standard InChI is InChI=1S/C13H13Cl3O2/c1-9(2)8-11(13(14,15)16)18-12(17)10-6-4-3-5-7-10/h3-7,11H,1,8H2,2H3. The molecule has 0 aliphatic rings. The van der Waals surface area contributed by atoms with E-state index in [0.29, 0.717) is 12.0 Å². The lowest BCUT2D eigenvalue weighted by Gasteiger charge is -2.24. The van der Waals surface area contributed by atoms with E-state index in [0.717, 1.165) is 5.57 Å². The van der Waals surface area contributed by atoms with Crippen LogP contribution in [0.5, 0.6) is 0 Å². The molecular weight excluding hydrogens is 294 g/mol. The maximum absolute atomic E-state index is 11.9. The van der Waals surface area contributed by atoms with Crippen LogP contribution >= 0.6 is 34.8 Å². The smallest absolute Gasteiger partial charge is 0.338 e. The zero-order valence-electron chi connectivity index (χ0n) is 9.83. The van der Waals surface area contributed by atoms with E-state index in [1.807, 2.05) is 0 Å². The van der Waals surface area contributed by atoms with Gasteiger partial charge in [-0.3, -0.25) is 0 Å². The maximum Gasteiger partial charge on any atom is 0.338 e. The van der Waals surface area contributed by atoms with Crippen molar-refractivity contribution in [2.75, 3.05) is 0 Å². The van der Waals surface area contributed by atoms with E-state index in [1.165, 1.54) is 0 Å². The van der Waals surface area contributed by atoms with Crippen molar-refractivity contribution in [2.45, 2.75) is 23.2 Å². The minimum atomic E-state index is -1.68. The van der Waals surface area contributed by atoms with E-state index < -0.39 is 15.9 Å². The fourth-order valence-electron chi connectivity index (χ4n) is 1.31. The van der Waals surface area contributed by atoms with Crippen LogP contribution in [0.15, 0.2) is 42.5 Å². The third-order valence-corrected chi connectivity index (χ3v) is 2.89. The Kier molecular flexibility index (Phi) is 5.51. The monoisotopic (exact) mass is 306 g/mol. The molecule has 2 nitrogen and oxygen atoms in total. The van der Waals surface area contributed by atoms with Crippen LogP contribution in [0.2, 0.25) is 0 Å². The zero-order valence-corrected chi connectivity index (χ0v) is 12.1. The fraction of sp³-hybridized carbons (Fsp3) is 0.308. The highest BCUT2D eigenvalue weighted by Crippen LogP contribution is 2.35. The van der Waals surface area contributed by atoms with Gasteiger partial charge in [0.05, 0.1) is 5.56 Å². The number of halogens is 3. The zero-order chi connectivity index (χ0) is 13.8. The molecule has 0 aliphatic heterocycles. The molecule has 18 heavy (non-hydrogen) atoms. The van der Waals surface area contributed by atoms with E-state index in [9.17, 15) is 4.79 Å². The van der Waals surface area contributed by atoms with Crippen molar-refractivity contribution in [1.29, 1.82) is 0 Å². The third-order valence-electron chi connectivity index (χ3n) is 2.16. The van der Waals surface area contributed by atoms with Crippen LogP contribution in [-0.4, -0.2) is 15.9 Å². The summed E-state index contributed by atoms with van der Waals surface area (Å²) in [5.41, 5.74) is 1.19. The van der Waals surface area contributed by atoms with Crippen LogP contribution in [0.1, 0.15) is 23.7 Å². The van der Waals surface area contributed by atoms with Crippen molar-refractivity contribution in [1.82, 2.24) is 0 Å². The topological polar surface area (TPSA) is 26.3 Å². The normalized spacial score (nSPS) is 12.9. The van der Waals surface area contributed by atoms with Gasteiger partial charge < -0.3 is 4.74 Å². The maximum atomic E-state index is 11.9. The van der Waals surface area contributed by atoms with Gasteiger partial charge in [-0.15, -0.1) is 0 Å². The molecule has 0 saturated heterocycles. The minimum absolute atomic E-state index is 0.301. The Labute approximate surface area is 121 Å². The Bertz CT molecular complexity index is 424.